The third-order valence-electron chi connectivity index (χ3n) is 3.36. The monoisotopic (exact) mass is 389 g/mol. The Morgan fingerprint density at radius 1 is 1.04 bits per heavy atom. The van der Waals surface area contributed by atoms with Gasteiger partial charge in [0.05, 0.1) is 6.42 Å². The number of carbonyl (C=O) groups excluding carboxylic acids is 2. The van der Waals surface area contributed by atoms with Crippen LogP contribution in [0.1, 0.15) is 29.8 Å². The molecule has 2 amide bonds. The summed E-state index contributed by atoms with van der Waals surface area (Å²) in [5.74, 6) is -0.358. The van der Waals surface area contributed by atoms with Gasteiger partial charge in [-0.3, -0.25) is 9.59 Å². The Bertz CT molecular complexity index is 789. The average Bonchev–Trinajstić information content (AvgIpc) is 2.56. The molecular formula is C19H20ClN3O2S. The number of rotatable bonds is 5. The fourth-order valence-corrected chi connectivity index (χ4v) is 2.53. The lowest BCUT2D eigenvalue weighted by Crippen LogP contribution is -2.35. The summed E-state index contributed by atoms with van der Waals surface area (Å²) in [7, 11) is 0. The van der Waals surface area contributed by atoms with Gasteiger partial charge in [-0.1, -0.05) is 23.7 Å². The highest BCUT2D eigenvalue weighted by Crippen LogP contribution is 2.11. The third-order valence-corrected chi connectivity index (χ3v) is 3.81. The predicted molar refractivity (Wildman–Crippen MR) is 109 cm³/mol. The van der Waals surface area contributed by atoms with E-state index >= 15 is 0 Å². The number of halogens is 1. The molecule has 0 spiro atoms. The van der Waals surface area contributed by atoms with Crippen LogP contribution in [0.2, 0.25) is 5.02 Å². The third kappa shape index (κ3) is 6.46. The van der Waals surface area contributed by atoms with Crippen molar-refractivity contribution in [3.8, 4) is 0 Å². The van der Waals surface area contributed by atoms with Crippen LogP contribution in [0, 0.1) is 0 Å². The Hall–Kier alpha value is -2.44. The lowest BCUT2D eigenvalue weighted by atomic mass is 10.1. The molecule has 2 rings (SSSR count). The van der Waals surface area contributed by atoms with Crippen LogP contribution in [-0.4, -0.2) is 23.0 Å². The van der Waals surface area contributed by atoms with E-state index in [1.165, 1.54) is 0 Å². The number of amides is 2. The van der Waals surface area contributed by atoms with Gasteiger partial charge in [-0.15, -0.1) is 0 Å². The van der Waals surface area contributed by atoms with Crippen molar-refractivity contribution in [3.63, 3.8) is 0 Å². The number of hydrogen-bond acceptors (Lipinski definition) is 3. The molecule has 0 bridgehead atoms. The van der Waals surface area contributed by atoms with E-state index in [-0.39, 0.29) is 29.4 Å². The van der Waals surface area contributed by atoms with E-state index in [4.69, 9.17) is 23.8 Å². The topological polar surface area (TPSA) is 70.2 Å². The predicted octanol–water partition coefficient (Wildman–Crippen LogP) is 3.53. The van der Waals surface area contributed by atoms with Gasteiger partial charge in [-0.2, -0.15) is 0 Å². The summed E-state index contributed by atoms with van der Waals surface area (Å²) in [5, 5.41) is 9.19. The fraction of sp³-hybridized carbons (Fsp3) is 0.211. The lowest BCUT2D eigenvalue weighted by Gasteiger charge is -2.11. The first-order valence-corrected chi connectivity index (χ1v) is 8.88. The molecule has 26 heavy (non-hydrogen) atoms. The van der Waals surface area contributed by atoms with E-state index in [1.54, 1.807) is 48.5 Å². The first-order chi connectivity index (χ1) is 12.3. The number of thiocarbonyl (C=S) groups is 1. The van der Waals surface area contributed by atoms with Gasteiger partial charge in [0.15, 0.2) is 5.11 Å². The number of hydrogen-bond donors (Lipinski definition) is 3. The molecule has 7 heteroatoms. The van der Waals surface area contributed by atoms with Gasteiger partial charge in [0.25, 0.3) is 5.91 Å². The molecule has 0 saturated heterocycles. The largest absolute Gasteiger partial charge is 0.350 e. The minimum atomic E-state index is -0.224. The summed E-state index contributed by atoms with van der Waals surface area (Å²) in [5.41, 5.74) is 2.08. The van der Waals surface area contributed by atoms with Crippen LogP contribution >= 0.6 is 23.8 Å². The van der Waals surface area contributed by atoms with Gasteiger partial charge in [-0.05, 0) is 68.0 Å². The van der Waals surface area contributed by atoms with Gasteiger partial charge >= 0.3 is 0 Å². The second kappa shape index (κ2) is 9.31. The average molecular weight is 390 g/mol. The minimum absolute atomic E-state index is 0.0729. The normalized spacial score (nSPS) is 10.3. The first-order valence-electron chi connectivity index (χ1n) is 8.09. The van der Waals surface area contributed by atoms with Crippen molar-refractivity contribution >= 4 is 46.4 Å². The van der Waals surface area contributed by atoms with E-state index in [9.17, 15) is 9.59 Å². The zero-order valence-electron chi connectivity index (χ0n) is 14.5. The molecule has 0 saturated carbocycles. The summed E-state index contributed by atoms with van der Waals surface area (Å²) in [6.45, 7) is 3.80. The van der Waals surface area contributed by atoms with Gasteiger partial charge < -0.3 is 16.0 Å². The van der Waals surface area contributed by atoms with E-state index in [0.717, 1.165) is 5.56 Å². The Kier molecular flexibility index (Phi) is 7.12. The maximum atomic E-state index is 12.0. The van der Waals surface area contributed by atoms with Crippen LogP contribution in [0.25, 0.3) is 0 Å². The summed E-state index contributed by atoms with van der Waals surface area (Å²) in [6, 6.07) is 14.0. The molecular weight excluding hydrogens is 370 g/mol. The van der Waals surface area contributed by atoms with Crippen molar-refractivity contribution in [1.29, 1.82) is 0 Å². The molecule has 136 valence electrons. The van der Waals surface area contributed by atoms with Gasteiger partial charge in [-0.25, -0.2) is 0 Å². The molecule has 0 radical (unpaired) electrons. The molecule has 0 atom stereocenters. The van der Waals surface area contributed by atoms with Crippen LogP contribution in [0.15, 0.2) is 48.5 Å². The van der Waals surface area contributed by atoms with Gasteiger partial charge in [0.2, 0.25) is 5.91 Å². The quantitative estimate of drug-likeness (QED) is 0.684. The molecule has 5 nitrogen and oxygen atoms in total. The van der Waals surface area contributed by atoms with Crippen LogP contribution in [0.4, 0.5) is 5.69 Å². The van der Waals surface area contributed by atoms with Gasteiger partial charge in [0.1, 0.15) is 0 Å². The summed E-state index contributed by atoms with van der Waals surface area (Å²) in [4.78, 5) is 23.9. The van der Waals surface area contributed by atoms with E-state index in [1.807, 2.05) is 13.8 Å². The Morgan fingerprint density at radius 2 is 1.65 bits per heavy atom. The van der Waals surface area contributed by atoms with Gasteiger partial charge in [0, 0.05) is 22.3 Å². The molecule has 2 aromatic carbocycles. The molecule has 0 unspecified atom stereocenters. The Labute approximate surface area is 163 Å². The van der Waals surface area contributed by atoms with Crippen LogP contribution in [0.3, 0.4) is 0 Å². The highest BCUT2D eigenvalue weighted by atomic mass is 35.5. The molecule has 0 fully saturated rings. The van der Waals surface area contributed by atoms with Crippen molar-refractivity contribution in [2.45, 2.75) is 26.3 Å². The lowest BCUT2D eigenvalue weighted by molar-refractivity contribution is -0.119. The van der Waals surface area contributed by atoms with E-state index in [0.29, 0.717) is 16.3 Å². The Morgan fingerprint density at radius 3 is 2.23 bits per heavy atom. The molecule has 0 heterocycles. The van der Waals surface area contributed by atoms with Crippen molar-refractivity contribution in [1.82, 2.24) is 10.6 Å². The Balaban J connectivity index is 1.86. The number of carbonyl (C=O) groups is 2. The fourth-order valence-electron chi connectivity index (χ4n) is 2.17. The minimum Gasteiger partial charge on any atom is -0.350 e. The zero-order chi connectivity index (χ0) is 19.1. The number of nitrogens with one attached hydrogen (secondary N) is 3. The second-order valence-corrected chi connectivity index (χ2v) is 6.86. The summed E-state index contributed by atoms with van der Waals surface area (Å²) < 4.78 is 0. The SMILES string of the molecule is CC(C)NC(=O)c1ccc(NC(=S)NC(=O)Cc2ccc(Cl)cc2)cc1. The van der Waals surface area contributed by atoms with Crippen molar-refractivity contribution < 1.29 is 9.59 Å². The van der Waals surface area contributed by atoms with Crippen LogP contribution in [-0.2, 0) is 11.2 Å². The first kappa shape index (κ1) is 19.9. The molecule has 2 aromatic rings. The number of anilines is 1. The molecule has 0 aromatic heterocycles. The smallest absolute Gasteiger partial charge is 0.251 e. The molecule has 0 aliphatic carbocycles. The standard InChI is InChI=1S/C19H20ClN3O2S/c1-12(2)21-18(25)14-5-9-16(10-6-14)22-19(26)23-17(24)11-13-3-7-15(20)8-4-13/h3-10,12H,11H2,1-2H3,(H,21,25)(H2,22,23,24,26). The van der Waals surface area contributed by atoms with Crippen molar-refractivity contribution in [2.24, 2.45) is 0 Å². The maximum Gasteiger partial charge on any atom is 0.251 e. The van der Waals surface area contributed by atoms with Crippen LogP contribution in [0.5, 0.6) is 0 Å². The van der Waals surface area contributed by atoms with Crippen molar-refractivity contribution in [3.05, 3.63) is 64.7 Å². The number of benzene rings is 2. The van der Waals surface area contributed by atoms with Crippen molar-refractivity contribution in [2.75, 3.05) is 5.32 Å². The summed E-state index contributed by atoms with van der Waals surface area (Å²) >= 11 is 11.0. The molecule has 0 aliphatic rings. The zero-order valence-corrected chi connectivity index (χ0v) is 16.1. The second-order valence-electron chi connectivity index (χ2n) is 6.01. The van der Waals surface area contributed by atoms with E-state index in [2.05, 4.69) is 16.0 Å². The maximum absolute atomic E-state index is 12.0. The summed E-state index contributed by atoms with van der Waals surface area (Å²) in [6.07, 6.45) is 0.202. The van der Waals surface area contributed by atoms with E-state index < -0.39 is 0 Å². The molecule has 3 N–H and O–H groups in total. The molecule has 0 aliphatic heterocycles. The van der Waals surface area contributed by atoms with Crippen LogP contribution < -0.4 is 16.0 Å². The highest BCUT2D eigenvalue weighted by Gasteiger charge is 2.08. The highest BCUT2D eigenvalue weighted by molar-refractivity contribution is 7.80.